The minimum Gasteiger partial charge on any atom is -0.496 e. The first kappa shape index (κ1) is 19.1. The summed E-state index contributed by atoms with van der Waals surface area (Å²) >= 11 is 0. The van der Waals surface area contributed by atoms with Crippen LogP contribution in [0.5, 0.6) is 11.5 Å². The highest BCUT2D eigenvalue weighted by atomic mass is 16.5. The molecule has 0 amide bonds. The first-order valence-corrected chi connectivity index (χ1v) is 9.26. The third kappa shape index (κ3) is 4.53. The number of rotatable bonds is 6. The van der Waals surface area contributed by atoms with Crippen molar-refractivity contribution in [3.63, 3.8) is 0 Å². The van der Waals surface area contributed by atoms with Crippen LogP contribution in [0.3, 0.4) is 0 Å². The zero-order chi connectivity index (χ0) is 19.4. The van der Waals surface area contributed by atoms with Crippen LogP contribution >= 0.6 is 0 Å². The van der Waals surface area contributed by atoms with Crippen molar-refractivity contribution in [3.05, 3.63) is 40.8 Å². The monoisotopic (exact) mass is 372 g/mol. The molecule has 146 valence electrons. The van der Waals surface area contributed by atoms with Gasteiger partial charge in [-0.05, 0) is 25.0 Å². The Kier molecular flexibility index (Phi) is 5.88. The highest BCUT2D eigenvalue weighted by Crippen LogP contribution is 2.34. The van der Waals surface area contributed by atoms with Crippen molar-refractivity contribution in [3.8, 4) is 11.5 Å². The van der Waals surface area contributed by atoms with E-state index >= 15 is 0 Å². The summed E-state index contributed by atoms with van der Waals surface area (Å²) in [7, 11) is 3.42. The smallest absolute Gasteiger partial charge is 0.191 e. The summed E-state index contributed by atoms with van der Waals surface area (Å²) < 4.78 is 16.8. The highest BCUT2D eigenvalue weighted by molar-refractivity contribution is 5.79. The number of aromatic nitrogens is 1. The lowest BCUT2D eigenvalue weighted by Gasteiger charge is -2.14. The minimum absolute atomic E-state index is 0.208. The lowest BCUT2D eigenvalue weighted by Crippen LogP contribution is -2.36. The van der Waals surface area contributed by atoms with Crippen molar-refractivity contribution in [1.82, 2.24) is 15.8 Å². The SMILES string of the molecule is CN=C(NCc1cc(C(C)C)no1)NCc1cc2c(cc1OC)CC(C)O2. The van der Waals surface area contributed by atoms with E-state index < -0.39 is 0 Å². The largest absolute Gasteiger partial charge is 0.496 e. The summed E-state index contributed by atoms with van der Waals surface area (Å²) in [6.45, 7) is 7.33. The molecule has 2 N–H and O–H groups in total. The molecule has 7 heteroatoms. The maximum Gasteiger partial charge on any atom is 0.191 e. The molecule has 7 nitrogen and oxygen atoms in total. The average molecular weight is 372 g/mol. The zero-order valence-electron chi connectivity index (χ0n) is 16.6. The summed E-state index contributed by atoms with van der Waals surface area (Å²) in [5.74, 6) is 3.59. The average Bonchev–Trinajstić information content (AvgIpc) is 3.26. The molecule has 0 fully saturated rings. The van der Waals surface area contributed by atoms with Crippen LogP contribution in [-0.4, -0.2) is 31.4 Å². The van der Waals surface area contributed by atoms with Crippen LogP contribution in [0.15, 0.2) is 27.7 Å². The van der Waals surface area contributed by atoms with E-state index in [9.17, 15) is 0 Å². The number of nitrogens with one attached hydrogen (secondary N) is 2. The summed E-state index contributed by atoms with van der Waals surface area (Å²) in [5, 5.41) is 10.6. The van der Waals surface area contributed by atoms with Gasteiger partial charge < -0.3 is 24.6 Å². The van der Waals surface area contributed by atoms with Gasteiger partial charge >= 0.3 is 0 Å². The second kappa shape index (κ2) is 8.33. The number of guanidine groups is 1. The van der Waals surface area contributed by atoms with E-state index in [1.165, 1.54) is 5.56 Å². The second-order valence-corrected chi connectivity index (χ2v) is 7.06. The Hall–Kier alpha value is -2.70. The molecule has 1 atom stereocenters. The van der Waals surface area contributed by atoms with Crippen molar-refractivity contribution < 1.29 is 14.0 Å². The van der Waals surface area contributed by atoms with Gasteiger partial charge in [0.05, 0.1) is 19.3 Å². The molecule has 27 heavy (non-hydrogen) atoms. The van der Waals surface area contributed by atoms with Gasteiger partial charge in [0, 0.05) is 37.2 Å². The van der Waals surface area contributed by atoms with Crippen molar-refractivity contribution in [2.24, 2.45) is 4.99 Å². The summed E-state index contributed by atoms with van der Waals surface area (Å²) in [5.41, 5.74) is 3.17. The van der Waals surface area contributed by atoms with Gasteiger partial charge in [-0.15, -0.1) is 0 Å². The van der Waals surface area contributed by atoms with E-state index in [0.717, 1.165) is 34.9 Å². The second-order valence-electron chi connectivity index (χ2n) is 7.06. The van der Waals surface area contributed by atoms with E-state index in [0.29, 0.717) is 25.0 Å². The Morgan fingerprint density at radius 3 is 2.74 bits per heavy atom. The number of ether oxygens (including phenoxy) is 2. The number of hydrogen-bond acceptors (Lipinski definition) is 5. The predicted octanol–water partition coefficient (Wildman–Crippen LogP) is 3.00. The normalized spacial score (nSPS) is 16.2. The van der Waals surface area contributed by atoms with Crippen molar-refractivity contribution in [1.29, 1.82) is 0 Å². The van der Waals surface area contributed by atoms with Gasteiger partial charge in [0.1, 0.15) is 17.6 Å². The molecule has 0 saturated heterocycles. The molecule has 3 rings (SSSR count). The summed E-state index contributed by atoms with van der Waals surface area (Å²) in [6, 6.07) is 6.07. The predicted molar refractivity (Wildman–Crippen MR) is 104 cm³/mol. The van der Waals surface area contributed by atoms with Crippen LogP contribution in [0.4, 0.5) is 0 Å². The molecule has 1 aliphatic heterocycles. The zero-order valence-corrected chi connectivity index (χ0v) is 16.6. The van der Waals surface area contributed by atoms with Gasteiger partial charge in [-0.2, -0.15) is 0 Å². The molecule has 2 aromatic rings. The topological polar surface area (TPSA) is 80.9 Å². The van der Waals surface area contributed by atoms with Crippen molar-refractivity contribution in [2.75, 3.05) is 14.2 Å². The molecule has 1 aromatic heterocycles. The molecule has 0 spiro atoms. The van der Waals surface area contributed by atoms with Crippen LogP contribution < -0.4 is 20.1 Å². The van der Waals surface area contributed by atoms with Crippen LogP contribution in [0.25, 0.3) is 0 Å². The van der Waals surface area contributed by atoms with Crippen molar-refractivity contribution >= 4 is 5.96 Å². The third-order valence-electron chi connectivity index (χ3n) is 4.57. The Morgan fingerprint density at radius 1 is 1.30 bits per heavy atom. The molecule has 0 saturated carbocycles. The molecule has 0 radical (unpaired) electrons. The first-order chi connectivity index (χ1) is 13.0. The lowest BCUT2D eigenvalue weighted by molar-refractivity contribution is 0.254. The Morgan fingerprint density at radius 2 is 2.07 bits per heavy atom. The van der Waals surface area contributed by atoms with Gasteiger partial charge in [-0.25, -0.2) is 0 Å². The third-order valence-corrected chi connectivity index (χ3v) is 4.57. The molecular weight excluding hydrogens is 344 g/mol. The van der Waals surface area contributed by atoms with Gasteiger partial charge in [-0.3, -0.25) is 4.99 Å². The van der Waals surface area contributed by atoms with Gasteiger partial charge in [-0.1, -0.05) is 19.0 Å². The lowest BCUT2D eigenvalue weighted by atomic mass is 10.1. The Labute approximate surface area is 160 Å². The van der Waals surface area contributed by atoms with E-state index in [4.69, 9.17) is 14.0 Å². The molecule has 1 aromatic carbocycles. The van der Waals surface area contributed by atoms with Crippen molar-refractivity contribution in [2.45, 2.75) is 52.3 Å². The van der Waals surface area contributed by atoms with Crippen LogP contribution in [-0.2, 0) is 19.5 Å². The quantitative estimate of drug-likeness (QED) is 0.599. The Balaban J connectivity index is 1.60. The van der Waals surface area contributed by atoms with Gasteiger partial charge in [0.2, 0.25) is 0 Å². The fraction of sp³-hybridized carbons (Fsp3) is 0.500. The molecule has 2 heterocycles. The molecule has 0 aliphatic carbocycles. The van der Waals surface area contributed by atoms with E-state index in [-0.39, 0.29) is 6.10 Å². The van der Waals surface area contributed by atoms with Crippen LogP contribution in [0.2, 0.25) is 0 Å². The molecule has 1 unspecified atom stereocenters. The minimum atomic E-state index is 0.208. The standard InChI is InChI=1S/C20H28N4O3/c1-12(2)17-9-16(27-24-17)11-23-20(21-4)22-10-15-8-19-14(6-13(3)26-19)7-18(15)25-5/h7-9,12-13H,6,10-11H2,1-5H3,(H2,21,22,23). The van der Waals surface area contributed by atoms with Gasteiger partial charge in [0.15, 0.2) is 11.7 Å². The fourth-order valence-corrected chi connectivity index (χ4v) is 3.06. The summed E-state index contributed by atoms with van der Waals surface area (Å²) in [4.78, 5) is 4.26. The first-order valence-electron chi connectivity index (χ1n) is 9.26. The highest BCUT2D eigenvalue weighted by Gasteiger charge is 2.21. The van der Waals surface area contributed by atoms with E-state index in [1.807, 2.05) is 12.1 Å². The van der Waals surface area contributed by atoms with E-state index in [2.05, 4.69) is 47.6 Å². The van der Waals surface area contributed by atoms with Crippen LogP contribution in [0.1, 0.15) is 49.3 Å². The van der Waals surface area contributed by atoms with E-state index in [1.54, 1.807) is 14.2 Å². The number of methoxy groups -OCH3 is 1. The number of hydrogen-bond donors (Lipinski definition) is 2. The number of benzene rings is 1. The number of aliphatic imine (C=N–C) groups is 1. The molecule has 0 bridgehead atoms. The summed E-state index contributed by atoms with van der Waals surface area (Å²) in [6.07, 6.45) is 1.12. The maximum absolute atomic E-state index is 5.86. The molecule has 1 aliphatic rings. The van der Waals surface area contributed by atoms with Crippen LogP contribution in [0, 0.1) is 0 Å². The van der Waals surface area contributed by atoms with Gasteiger partial charge in [0.25, 0.3) is 0 Å². The number of nitrogens with zero attached hydrogens (tertiary/aromatic N) is 2. The number of fused-ring (bicyclic) bond motifs is 1. The fourth-order valence-electron chi connectivity index (χ4n) is 3.06. The maximum atomic E-state index is 5.86. The Bertz CT molecular complexity index is 814. The molecular formula is C20H28N4O3.